The lowest BCUT2D eigenvalue weighted by atomic mass is 9.78. The number of halogens is 2. The van der Waals surface area contributed by atoms with Crippen molar-refractivity contribution < 1.29 is 28.2 Å². The quantitative estimate of drug-likeness (QED) is 0.742. The minimum atomic E-state index is -2.73. The number of methoxy groups -OCH3 is 1. The maximum Gasteiger partial charge on any atom is 0.280 e. The maximum atomic E-state index is 13.1. The van der Waals surface area contributed by atoms with Crippen LogP contribution < -0.4 is 10.1 Å². The summed E-state index contributed by atoms with van der Waals surface area (Å²) in [6.45, 7) is 5.50. The van der Waals surface area contributed by atoms with Gasteiger partial charge >= 0.3 is 0 Å². The second-order valence-electron chi connectivity index (χ2n) is 7.78. The second kappa shape index (κ2) is 8.61. The molecule has 0 spiro atoms. The molecule has 0 unspecified atom stereocenters. The number of rotatable bonds is 6. The van der Waals surface area contributed by atoms with Crippen molar-refractivity contribution in [1.82, 2.24) is 9.97 Å². The third-order valence-electron chi connectivity index (χ3n) is 5.59. The molecule has 0 saturated carbocycles. The Labute approximate surface area is 173 Å². The van der Waals surface area contributed by atoms with E-state index in [1.165, 1.54) is 25.4 Å². The predicted molar refractivity (Wildman–Crippen MR) is 105 cm³/mol. The summed E-state index contributed by atoms with van der Waals surface area (Å²) in [4.78, 5) is 21.0. The first-order valence-electron chi connectivity index (χ1n) is 9.55. The molecule has 1 amide bonds. The van der Waals surface area contributed by atoms with E-state index in [9.17, 15) is 13.6 Å². The van der Waals surface area contributed by atoms with E-state index in [2.05, 4.69) is 15.3 Å². The molecule has 0 bridgehead atoms. The molecule has 1 aliphatic rings. The van der Waals surface area contributed by atoms with Crippen molar-refractivity contribution in [2.75, 3.05) is 12.4 Å². The van der Waals surface area contributed by atoms with Crippen molar-refractivity contribution in [3.63, 3.8) is 0 Å². The Morgan fingerprint density at radius 3 is 2.63 bits per heavy atom. The van der Waals surface area contributed by atoms with Gasteiger partial charge in [0.05, 0.1) is 36.9 Å². The minimum absolute atomic E-state index is 0.0534. The average Bonchev–Trinajstić information content (AvgIpc) is 2.97. The lowest BCUT2D eigenvalue weighted by Crippen LogP contribution is -2.33. The Balaban J connectivity index is 1.93. The molecule has 7 nitrogen and oxygen atoms in total. The number of carbonyl (C=O) groups is 1. The van der Waals surface area contributed by atoms with Crippen LogP contribution in [0.3, 0.4) is 0 Å². The van der Waals surface area contributed by atoms with Crippen molar-refractivity contribution in [2.24, 2.45) is 5.92 Å². The average molecular weight is 421 g/mol. The molecule has 3 rings (SSSR count). The molecule has 0 aromatic carbocycles. The molecule has 3 heterocycles. The Bertz CT molecular complexity index is 906. The van der Waals surface area contributed by atoms with Crippen LogP contribution in [0.4, 0.5) is 14.5 Å². The number of nitrogens with one attached hydrogen (secondary N) is 1. The van der Waals surface area contributed by atoms with E-state index in [1.807, 2.05) is 20.8 Å². The normalized spacial score (nSPS) is 22.9. The fourth-order valence-corrected chi connectivity index (χ4v) is 3.66. The summed E-state index contributed by atoms with van der Waals surface area (Å²) in [6, 6.07) is 6.00. The van der Waals surface area contributed by atoms with Crippen LogP contribution in [0, 0.1) is 5.92 Å². The number of hydrogen-bond donors (Lipinski definition) is 2. The number of alkyl halides is 2. The zero-order valence-corrected chi connectivity index (χ0v) is 17.2. The molecule has 2 aromatic heterocycles. The highest BCUT2D eigenvalue weighted by Crippen LogP contribution is 2.48. The van der Waals surface area contributed by atoms with Crippen molar-refractivity contribution >= 4 is 11.6 Å². The van der Waals surface area contributed by atoms with Crippen LogP contribution in [-0.2, 0) is 16.1 Å². The summed E-state index contributed by atoms with van der Waals surface area (Å²) in [6.07, 6.45) is -2.17. The zero-order chi connectivity index (χ0) is 22.1. The molecular formula is C21H25F2N3O4. The standard InChI is InChI=1S/C21H25F2N3O4/c1-11-16(14-7-8-15(18(22)23)26-20(14)29-4)17(30-21(11,2)3)19(28)25-12-5-6-13(10-27)24-9-12/h5-9,11,16-18,27H,10H2,1-4H3,(H,25,28)/t11-,16-,17+/m1/s1. The number of aliphatic hydroxyl groups excluding tert-OH is 1. The van der Waals surface area contributed by atoms with Crippen LogP contribution in [0.5, 0.6) is 5.88 Å². The van der Waals surface area contributed by atoms with E-state index in [0.29, 0.717) is 16.9 Å². The SMILES string of the molecule is COc1nc(C(F)F)ccc1[C@@H]1[C@@H](C(=O)Nc2ccc(CO)nc2)OC(C)(C)[C@@H]1C. The molecule has 1 aliphatic heterocycles. The molecule has 30 heavy (non-hydrogen) atoms. The summed E-state index contributed by atoms with van der Waals surface area (Å²) in [5.74, 6) is -0.927. The van der Waals surface area contributed by atoms with Crippen molar-refractivity contribution in [3.05, 3.63) is 47.4 Å². The highest BCUT2D eigenvalue weighted by molar-refractivity contribution is 5.95. The number of pyridine rings is 2. The smallest absolute Gasteiger partial charge is 0.280 e. The largest absolute Gasteiger partial charge is 0.481 e. The first kappa shape index (κ1) is 22.0. The van der Waals surface area contributed by atoms with Gasteiger partial charge in [0.15, 0.2) is 0 Å². The van der Waals surface area contributed by atoms with Gasteiger partial charge in [0, 0.05) is 11.5 Å². The van der Waals surface area contributed by atoms with E-state index in [-0.39, 0.29) is 18.4 Å². The van der Waals surface area contributed by atoms with Gasteiger partial charge in [0.25, 0.3) is 12.3 Å². The van der Waals surface area contributed by atoms with Gasteiger partial charge in [-0.15, -0.1) is 0 Å². The fourth-order valence-electron chi connectivity index (χ4n) is 3.66. The van der Waals surface area contributed by atoms with Gasteiger partial charge in [-0.3, -0.25) is 9.78 Å². The lowest BCUT2D eigenvalue weighted by molar-refractivity contribution is -0.131. The molecule has 0 radical (unpaired) electrons. The van der Waals surface area contributed by atoms with Crippen molar-refractivity contribution in [3.8, 4) is 5.88 Å². The first-order valence-corrected chi connectivity index (χ1v) is 9.55. The number of carbonyl (C=O) groups excluding carboxylic acids is 1. The number of aromatic nitrogens is 2. The monoisotopic (exact) mass is 421 g/mol. The van der Waals surface area contributed by atoms with Gasteiger partial charge in [0.1, 0.15) is 11.8 Å². The van der Waals surface area contributed by atoms with E-state index in [4.69, 9.17) is 14.6 Å². The lowest BCUT2D eigenvalue weighted by Gasteiger charge is -2.25. The van der Waals surface area contributed by atoms with Crippen LogP contribution in [0.1, 0.15) is 50.1 Å². The number of anilines is 1. The second-order valence-corrected chi connectivity index (χ2v) is 7.78. The van der Waals surface area contributed by atoms with Gasteiger partial charge in [-0.05, 0) is 38.0 Å². The van der Waals surface area contributed by atoms with Gasteiger partial charge in [-0.2, -0.15) is 0 Å². The molecule has 1 fully saturated rings. The number of amides is 1. The van der Waals surface area contributed by atoms with Gasteiger partial charge in [-0.25, -0.2) is 13.8 Å². The summed E-state index contributed by atoms with van der Waals surface area (Å²) in [7, 11) is 1.36. The van der Waals surface area contributed by atoms with Gasteiger partial charge < -0.3 is 19.9 Å². The first-order chi connectivity index (χ1) is 14.2. The van der Waals surface area contributed by atoms with Crippen molar-refractivity contribution in [1.29, 1.82) is 0 Å². The fraction of sp³-hybridized carbons (Fsp3) is 0.476. The predicted octanol–water partition coefficient (Wildman–Crippen LogP) is 3.45. The highest BCUT2D eigenvalue weighted by atomic mass is 19.3. The number of hydrogen-bond acceptors (Lipinski definition) is 6. The van der Waals surface area contributed by atoms with E-state index in [1.54, 1.807) is 12.1 Å². The van der Waals surface area contributed by atoms with Gasteiger partial charge in [-0.1, -0.05) is 13.0 Å². The van der Waals surface area contributed by atoms with Crippen LogP contribution in [0.25, 0.3) is 0 Å². The minimum Gasteiger partial charge on any atom is -0.481 e. The molecule has 3 atom stereocenters. The summed E-state index contributed by atoms with van der Waals surface area (Å²) < 4.78 is 37.5. The van der Waals surface area contributed by atoms with Crippen LogP contribution in [0.15, 0.2) is 30.5 Å². The topological polar surface area (TPSA) is 93.6 Å². The number of aliphatic hydroxyl groups is 1. The summed E-state index contributed by atoms with van der Waals surface area (Å²) in [5.41, 5.74) is 0.437. The molecule has 2 N–H and O–H groups in total. The summed E-state index contributed by atoms with van der Waals surface area (Å²) in [5, 5.41) is 11.9. The molecule has 0 aliphatic carbocycles. The van der Waals surface area contributed by atoms with Crippen LogP contribution in [-0.4, -0.2) is 39.8 Å². The van der Waals surface area contributed by atoms with E-state index < -0.39 is 35.6 Å². The summed E-state index contributed by atoms with van der Waals surface area (Å²) >= 11 is 0. The van der Waals surface area contributed by atoms with Crippen LogP contribution >= 0.6 is 0 Å². The van der Waals surface area contributed by atoms with E-state index >= 15 is 0 Å². The number of ether oxygens (including phenoxy) is 2. The molecule has 162 valence electrons. The van der Waals surface area contributed by atoms with Crippen LogP contribution in [0.2, 0.25) is 0 Å². The molecular weight excluding hydrogens is 396 g/mol. The van der Waals surface area contributed by atoms with Crippen molar-refractivity contribution in [2.45, 2.75) is 51.4 Å². The maximum absolute atomic E-state index is 13.1. The Hall–Kier alpha value is -2.65. The van der Waals surface area contributed by atoms with Gasteiger partial charge in [0.2, 0.25) is 5.88 Å². The molecule has 1 saturated heterocycles. The third kappa shape index (κ3) is 4.27. The molecule has 9 heteroatoms. The highest BCUT2D eigenvalue weighted by Gasteiger charge is 2.51. The Morgan fingerprint density at radius 2 is 2.07 bits per heavy atom. The Kier molecular flexibility index (Phi) is 6.33. The van der Waals surface area contributed by atoms with E-state index in [0.717, 1.165) is 0 Å². The Morgan fingerprint density at radius 1 is 1.33 bits per heavy atom. The molecule has 2 aromatic rings. The zero-order valence-electron chi connectivity index (χ0n) is 17.2. The third-order valence-corrected chi connectivity index (χ3v) is 5.59. The number of nitrogens with zero attached hydrogens (tertiary/aromatic N) is 2.